The van der Waals surface area contributed by atoms with Crippen molar-refractivity contribution in [3.8, 4) is 34.1 Å². The molecule has 12 heteroatoms. The van der Waals surface area contributed by atoms with Gasteiger partial charge in [0.2, 0.25) is 17.7 Å². The van der Waals surface area contributed by atoms with Gasteiger partial charge in [0, 0.05) is 71.8 Å². The molecule has 1 fully saturated rings. The third kappa shape index (κ3) is 7.42. The maximum Gasteiger partial charge on any atom is 0.220 e. The number of benzene rings is 2. The molecule has 0 radical (unpaired) electrons. The first kappa shape index (κ1) is 33.2. The zero-order valence-electron chi connectivity index (χ0n) is 26.0. The molecule has 1 unspecified atom stereocenters. The second kappa shape index (κ2) is 15.4. The van der Waals surface area contributed by atoms with Crippen molar-refractivity contribution in [2.24, 2.45) is 0 Å². The van der Waals surface area contributed by atoms with Crippen LogP contribution >= 0.6 is 23.2 Å². The van der Waals surface area contributed by atoms with Gasteiger partial charge in [0.05, 0.1) is 42.2 Å². The Balaban J connectivity index is 1.38. The number of carbonyl (C=O) groups excluding carboxylic acids is 1. The number of halogens is 2. The van der Waals surface area contributed by atoms with E-state index in [0.29, 0.717) is 71.4 Å². The van der Waals surface area contributed by atoms with Crippen molar-refractivity contribution in [2.75, 3.05) is 33.1 Å². The van der Waals surface area contributed by atoms with Gasteiger partial charge in [-0.2, -0.15) is 0 Å². The van der Waals surface area contributed by atoms with Gasteiger partial charge in [0.25, 0.3) is 0 Å². The minimum absolute atomic E-state index is 0.0969. The van der Waals surface area contributed by atoms with Crippen molar-refractivity contribution in [3.05, 3.63) is 87.0 Å². The molecule has 5 rings (SSSR count). The molecule has 2 aromatic heterocycles. The van der Waals surface area contributed by atoms with E-state index >= 15 is 0 Å². The molecule has 46 heavy (non-hydrogen) atoms. The van der Waals surface area contributed by atoms with Crippen molar-refractivity contribution < 1.29 is 14.3 Å². The topological polar surface area (TPSA) is 133 Å². The molecule has 1 aliphatic rings. The normalized spacial score (nSPS) is 14.2. The molecule has 4 aromatic rings. The van der Waals surface area contributed by atoms with Gasteiger partial charge in [-0.25, -0.2) is 9.97 Å². The van der Waals surface area contributed by atoms with Crippen LogP contribution in [0.15, 0.2) is 54.6 Å². The summed E-state index contributed by atoms with van der Waals surface area (Å²) < 4.78 is 11.1. The molecule has 1 atom stereocenters. The lowest BCUT2D eigenvalue weighted by Gasteiger charge is -2.17. The summed E-state index contributed by atoms with van der Waals surface area (Å²) in [5, 5.41) is 22.2. The van der Waals surface area contributed by atoms with E-state index < -0.39 is 0 Å². The average molecular weight is 663 g/mol. The monoisotopic (exact) mass is 661 g/mol. The van der Waals surface area contributed by atoms with E-state index in [-0.39, 0.29) is 11.9 Å². The molecule has 240 valence electrons. The Morgan fingerprint density at radius 3 is 2.41 bits per heavy atom. The van der Waals surface area contributed by atoms with E-state index in [1.807, 2.05) is 61.6 Å². The highest BCUT2D eigenvalue weighted by molar-refractivity contribution is 6.36. The molecule has 0 spiro atoms. The van der Waals surface area contributed by atoms with Gasteiger partial charge in [0.15, 0.2) is 0 Å². The quantitative estimate of drug-likeness (QED) is 0.107. The van der Waals surface area contributed by atoms with Crippen LogP contribution < -0.4 is 30.7 Å². The number of rotatable bonds is 14. The SMILES string of the molecule is CNCc1cc(Cl)c(CNc2cccc(-c3cccc(-c4ccc(CNCC5CCC(=O)N5)c(OC)n4)c3Cl)c2C=N)nc1OC. The number of anilines is 1. The smallest absolute Gasteiger partial charge is 0.220 e. The largest absolute Gasteiger partial charge is 0.481 e. The van der Waals surface area contributed by atoms with Gasteiger partial charge >= 0.3 is 0 Å². The third-order valence-electron chi connectivity index (χ3n) is 7.83. The van der Waals surface area contributed by atoms with Gasteiger partial charge in [-0.15, -0.1) is 0 Å². The lowest BCUT2D eigenvalue weighted by atomic mass is 9.96. The second-order valence-electron chi connectivity index (χ2n) is 10.8. The van der Waals surface area contributed by atoms with Crippen LogP contribution in [0.5, 0.6) is 11.8 Å². The van der Waals surface area contributed by atoms with E-state index in [9.17, 15) is 4.79 Å². The molecule has 0 aliphatic carbocycles. The predicted molar refractivity (Wildman–Crippen MR) is 183 cm³/mol. The zero-order chi connectivity index (χ0) is 32.6. The summed E-state index contributed by atoms with van der Waals surface area (Å²) in [5.74, 6) is 1.10. The maximum absolute atomic E-state index is 11.5. The lowest BCUT2D eigenvalue weighted by Crippen LogP contribution is -2.35. The fourth-order valence-electron chi connectivity index (χ4n) is 5.53. The van der Waals surface area contributed by atoms with Crippen molar-refractivity contribution >= 4 is 41.0 Å². The molecule has 0 bridgehead atoms. The minimum atomic E-state index is 0.0969. The summed E-state index contributed by atoms with van der Waals surface area (Å²) in [6, 6.07) is 17.4. The average Bonchev–Trinajstić information content (AvgIpc) is 3.49. The summed E-state index contributed by atoms with van der Waals surface area (Å²) in [6.45, 7) is 2.13. The first-order chi connectivity index (χ1) is 22.4. The Kier molecular flexibility index (Phi) is 11.1. The first-order valence-electron chi connectivity index (χ1n) is 14.9. The van der Waals surface area contributed by atoms with E-state index in [1.54, 1.807) is 14.2 Å². The maximum atomic E-state index is 11.5. The Morgan fingerprint density at radius 1 is 0.957 bits per heavy atom. The highest BCUT2D eigenvalue weighted by atomic mass is 35.5. The highest BCUT2D eigenvalue weighted by Crippen LogP contribution is 2.39. The van der Waals surface area contributed by atoms with Crippen LogP contribution in [-0.4, -0.2) is 55.9 Å². The minimum Gasteiger partial charge on any atom is -0.481 e. The number of methoxy groups -OCH3 is 2. The predicted octanol–water partition coefficient (Wildman–Crippen LogP) is 5.83. The number of pyridine rings is 2. The van der Waals surface area contributed by atoms with Crippen LogP contribution in [-0.2, 0) is 24.4 Å². The van der Waals surface area contributed by atoms with Gasteiger partial charge in [0.1, 0.15) is 0 Å². The summed E-state index contributed by atoms with van der Waals surface area (Å²) >= 11 is 13.6. The van der Waals surface area contributed by atoms with Gasteiger partial charge in [-0.05, 0) is 37.2 Å². The van der Waals surface area contributed by atoms with Crippen LogP contribution in [0.1, 0.15) is 35.2 Å². The van der Waals surface area contributed by atoms with Gasteiger partial charge < -0.3 is 36.2 Å². The third-order valence-corrected chi connectivity index (χ3v) is 8.57. The van der Waals surface area contributed by atoms with Crippen molar-refractivity contribution in [3.63, 3.8) is 0 Å². The van der Waals surface area contributed by atoms with Crippen LogP contribution in [0.4, 0.5) is 5.69 Å². The standard InChI is InChI=1S/C34H37Cl2N7O3/c1-38-16-21-14-27(35)30(43-34(21)46-3)19-40-28-9-5-6-23(26(28)15-37)24-7-4-8-25(32(24)36)29-12-10-20(33(42-29)45-2)17-39-18-22-11-13-31(44)41-22/h4-10,12,14-15,22,37-40H,11,13,16-19H2,1-3H3,(H,41,44). The molecular weight excluding hydrogens is 625 g/mol. The Morgan fingerprint density at radius 2 is 1.70 bits per heavy atom. The van der Waals surface area contributed by atoms with Crippen LogP contribution in [0.2, 0.25) is 10.0 Å². The fraction of sp³-hybridized carbons (Fsp3) is 0.294. The number of nitrogens with one attached hydrogen (secondary N) is 5. The van der Waals surface area contributed by atoms with E-state index in [4.69, 9.17) is 43.1 Å². The molecule has 1 aliphatic heterocycles. The molecular formula is C34H37Cl2N7O3. The van der Waals surface area contributed by atoms with Crippen LogP contribution in [0.3, 0.4) is 0 Å². The zero-order valence-corrected chi connectivity index (χ0v) is 27.5. The first-order valence-corrected chi connectivity index (χ1v) is 15.7. The van der Waals surface area contributed by atoms with Crippen molar-refractivity contribution in [2.45, 2.75) is 38.5 Å². The number of hydrogen-bond donors (Lipinski definition) is 5. The summed E-state index contributed by atoms with van der Waals surface area (Å²) in [7, 11) is 5.02. The number of nitrogens with zero attached hydrogens (tertiary/aromatic N) is 2. The molecule has 0 saturated carbocycles. The molecule has 10 nitrogen and oxygen atoms in total. The molecule has 1 amide bonds. The van der Waals surface area contributed by atoms with E-state index in [2.05, 4.69) is 26.3 Å². The van der Waals surface area contributed by atoms with Crippen molar-refractivity contribution in [1.29, 1.82) is 5.41 Å². The van der Waals surface area contributed by atoms with E-state index in [1.165, 1.54) is 6.21 Å². The summed E-state index contributed by atoms with van der Waals surface area (Å²) in [6.07, 6.45) is 2.72. The van der Waals surface area contributed by atoms with E-state index in [0.717, 1.165) is 39.9 Å². The molecule has 5 N–H and O–H groups in total. The van der Waals surface area contributed by atoms with Crippen LogP contribution in [0, 0.1) is 5.41 Å². The van der Waals surface area contributed by atoms with Crippen molar-refractivity contribution in [1.82, 2.24) is 25.9 Å². The van der Waals surface area contributed by atoms with Gasteiger partial charge in [-0.1, -0.05) is 59.6 Å². The fourth-order valence-corrected chi connectivity index (χ4v) is 6.10. The summed E-state index contributed by atoms with van der Waals surface area (Å²) in [4.78, 5) is 20.9. The Hall–Kier alpha value is -4.22. The number of ether oxygens (including phenoxy) is 2. The van der Waals surface area contributed by atoms with Crippen LogP contribution in [0.25, 0.3) is 22.4 Å². The second-order valence-corrected chi connectivity index (χ2v) is 11.6. The molecule has 3 heterocycles. The Bertz CT molecular complexity index is 1730. The number of carbonyl (C=O) groups is 1. The molecule has 2 aromatic carbocycles. The number of aromatic nitrogens is 2. The highest BCUT2D eigenvalue weighted by Gasteiger charge is 2.21. The number of amides is 1. The lowest BCUT2D eigenvalue weighted by molar-refractivity contribution is -0.119. The summed E-state index contributed by atoms with van der Waals surface area (Å²) in [5.41, 5.74) is 6.76. The van der Waals surface area contributed by atoms with Gasteiger partial charge in [-0.3, -0.25) is 4.79 Å². The number of hydrogen-bond acceptors (Lipinski definition) is 9. The Labute approximate surface area is 278 Å². The molecule has 1 saturated heterocycles.